The van der Waals surface area contributed by atoms with E-state index in [0.717, 1.165) is 49.4 Å². The molecule has 164 valence electrons. The molecular formula is C23H26N8O. The Morgan fingerprint density at radius 3 is 3.06 bits per heavy atom. The van der Waals surface area contributed by atoms with Crippen molar-refractivity contribution in [2.24, 2.45) is 10.1 Å². The van der Waals surface area contributed by atoms with Crippen molar-refractivity contribution in [1.82, 2.24) is 25.1 Å². The van der Waals surface area contributed by atoms with Gasteiger partial charge in [0.25, 0.3) is 5.91 Å². The van der Waals surface area contributed by atoms with Crippen LogP contribution in [0.15, 0.2) is 58.0 Å². The zero-order valence-electron chi connectivity index (χ0n) is 18.0. The van der Waals surface area contributed by atoms with Crippen LogP contribution in [0.3, 0.4) is 0 Å². The Hall–Kier alpha value is -3.59. The molecule has 0 aromatic carbocycles. The third kappa shape index (κ3) is 4.24. The summed E-state index contributed by atoms with van der Waals surface area (Å²) in [5.41, 5.74) is 3.86. The van der Waals surface area contributed by atoms with E-state index in [-0.39, 0.29) is 5.91 Å². The molecule has 2 aromatic rings. The zero-order valence-corrected chi connectivity index (χ0v) is 18.0. The summed E-state index contributed by atoms with van der Waals surface area (Å²) in [5.74, 6) is 0.718. The average molecular weight is 431 g/mol. The third-order valence-electron chi connectivity index (χ3n) is 5.88. The molecule has 1 saturated heterocycles. The fraction of sp³-hybridized carbons (Fsp3) is 0.348. The SMILES string of the molecule is Cc1ccc(-n2nc(C3CCCNCC3)cc2NC(=O)C2=C3CN(C=CC=N3)N=C2)cn1. The smallest absolute Gasteiger partial charge is 0.260 e. The number of nitrogens with one attached hydrogen (secondary N) is 2. The number of hydrogen-bond acceptors (Lipinski definition) is 7. The Morgan fingerprint density at radius 1 is 1.25 bits per heavy atom. The minimum absolute atomic E-state index is 0.252. The van der Waals surface area contributed by atoms with E-state index in [1.807, 2.05) is 31.3 Å². The van der Waals surface area contributed by atoms with Gasteiger partial charge in [0, 0.05) is 30.1 Å². The summed E-state index contributed by atoms with van der Waals surface area (Å²) in [4.78, 5) is 22.0. The van der Waals surface area contributed by atoms with Crippen LogP contribution in [0.1, 0.15) is 36.6 Å². The fourth-order valence-corrected chi connectivity index (χ4v) is 4.12. The molecule has 3 aliphatic heterocycles. The predicted octanol–water partition coefficient (Wildman–Crippen LogP) is 2.52. The van der Waals surface area contributed by atoms with Crippen LogP contribution in [0.25, 0.3) is 5.69 Å². The third-order valence-corrected chi connectivity index (χ3v) is 5.88. The number of amides is 1. The van der Waals surface area contributed by atoms with Crippen molar-refractivity contribution in [2.45, 2.75) is 32.1 Å². The van der Waals surface area contributed by atoms with E-state index in [1.54, 1.807) is 34.4 Å². The number of pyridine rings is 1. The summed E-state index contributed by atoms with van der Waals surface area (Å²) in [6.07, 6.45) is 11.9. The van der Waals surface area contributed by atoms with Crippen LogP contribution < -0.4 is 10.6 Å². The van der Waals surface area contributed by atoms with Gasteiger partial charge in [0.2, 0.25) is 0 Å². The van der Waals surface area contributed by atoms with Crippen molar-refractivity contribution in [3.8, 4) is 5.69 Å². The molecule has 9 nitrogen and oxygen atoms in total. The van der Waals surface area contributed by atoms with Gasteiger partial charge in [0.15, 0.2) is 0 Å². The molecule has 9 heteroatoms. The number of hydrogen-bond donors (Lipinski definition) is 2. The number of allylic oxidation sites excluding steroid dienone is 1. The first-order valence-corrected chi connectivity index (χ1v) is 11.0. The maximum absolute atomic E-state index is 13.2. The van der Waals surface area contributed by atoms with Gasteiger partial charge in [-0.1, -0.05) is 0 Å². The lowest BCUT2D eigenvalue weighted by molar-refractivity contribution is -0.112. The lowest BCUT2D eigenvalue weighted by Crippen LogP contribution is -2.26. The average Bonchev–Trinajstić information content (AvgIpc) is 2.95. The summed E-state index contributed by atoms with van der Waals surface area (Å²) in [6, 6.07) is 5.90. The van der Waals surface area contributed by atoms with Crippen molar-refractivity contribution in [1.29, 1.82) is 0 Å². The van der Waals surface area contributed by atoms with Crippen molar-refractivity contribution in [2.75, 3.05) is 25.0 Å². The summed E-state index contributed by atoms with van der Waals surface area (Å²) in [7, 11) is 0. The molecule has 0 radical (unpaired) electrons. The molecular weight excluding hydrogens is 404 g/mol. The molecule has 2 aromatic heterocycles. The number of rotatable bonds is 4. The molecule has 5 heterocycles. The Labute approximate surface area is 186 Å². The standard InChI is InChI=1S/C23H26N8O/c1-16-5-6-18(13-26-16)31-22(12-20(29-31)17-4-2-8-24-10-7-17)28-23(32)19-14-27-30-11-3-9-25-21(19)15-30/h3,5-6,9,11-14,17,24H,2,4,7-8,10,15H2,1H3,(H,28,32). The number of carbonyl (C=O) groups is 1. The number of aryl methyl sites for hydroxylation is 1. The topological polar surface area (TPSA) is 99.8 Å². The van der Waals surface area contributed by atoms with Crippen molar-refractivity contribution < 1.29 is 4.79 Å². The van der Waals surface area contributed by atoms with Crippen molar-refractivity contribution in [3.63, 3.8) is 0 Å². The predicted molar refractivity (Wildman–Crippen MR) is 124 cm³/mol. The van der Waals surface area contributed by atoms with Crippen LogP contribution in [0.2, 0.25) is 0 Å². The molecule has 3 aliphatic rings. The molecule has 1 amide bonds. The minimum atomic E-state index is -0.252. The highest BCUT2D eigenvalue weighted by Gasteiger charge is 2.24. The van der Waals surface area contributed by atoms with Gasteiger partial charge in [-0.3, -0.25) is 19.8 Å². The number of aromatic nitrogens is 3. The van der Waals surface area contributed by atoms with E-state index < -0.39 is 0 Å². The molecule has 1 fully saturated rings. The van der Waals surface area contributed by atoms with Gasteiger partial charge in [-0.05, 0) is 57.5 Å². The van der Waals surface area contributed by atoms with Crippen molar-refractivity contribution >= 4 is 24.2 Å². The van der Waals surface area contributed by atoms with E-state index in [2.05, 4.69) is 25.7 Å². The zero-order chi connectivity index (χ0) is 21.9. The second-order valence-corrected chi connectivity index (χ2v) is 8.18. The van der Waals surface area contributed by atoms with Crippen LogP contribution in [0.5, 0.6) is 0 Å². The van der Waals surface area contributed by atoms with Gasteiger partial charge in [0.1, 0.15) is 5.82 Å². The minimum Gasteiger partial charge on any atom is -0.317 e. The normalized spacial score (nSPS) is 20.3. The van der Waals surface area contributed by atoms with Crippen molar-refractivity contribution in [3.05, 3.63) is 59.3 Å². The highest BCUT2D eigenvalue weighted by Crippen LogP contribution is 2.29. The Morgan fingerprint density at radius 2 is 2.19 bits per heavy atom. The van der Waals surface area contributed by atoms with Gasteiger partial charge < -0.3 is 10.6 Å². The Bertz CT molecular complexity index is 1120. The number of fused-ring (bicyclic) bond motifs is 2. The van der Waals surface area contributed by atoms with E-state index in [0.29, 0.717) is 29.6 Å². The van der Waals surface area contributed by atoms with Crippen LogP contribution in [-0.2, 0) is 4.79 Å². The second kappa shape index (κ2) is 8.88. The van der Waals surface area contributed by atoms with E-state index >= 15 is 0 Å². The lowest BCUT2D eigenvalue weighted by Gasteiger charge is -2.19. The van der Waals surface area contributed by atoms with Crippen LogP contribution in [-0.4, -0.2) is 57.7 Å². The second-order valence-electron chi connectivity index (χ2n) is 8.18. The number of nitrogens with zero attached hydrogens (tertiary/aromatic N) is 6. The molecule has 5 rings (SSSR count). The summed E-state index contributed by atoms with van der Waals surface area (Å²) in [5, 5.41) is 17.5. The monoisotopic (exact) mass is 430 g/mol. The van der Waals surface area contributed by atoms with Crippen LogP contribution in [0.4, 0.5) is 5.82 Å². The number of aliphatic imine (C=N–C) groups is 1. The maximum atomic E-state index is 13.2. The highest BCUT2D eigenvalue weighted by atomic mass is 16.1. The first kappa shape index (κ1) is 20.3. The van der Waals surface area contributed by atoms with Crippen LogP contribution >= 0.6 is 0 Å². The van der Waals surface area contributed by atoms with Gasteiger partial charge in [-0.25, -0.2) is 4.68 Å². The first-order chi connectivity index (χ1) is 15.7. The van der Waals surface area contributed by atoms with Gasteiger partial charge in [0.05, 0.1) is 41.6 Å². The summed E-state index contributed by atoms with van der Waals surface area (Å²) in [6.45, 7) is 4.42. The molecule has 1 atom stereocenters. The highest BCUT2D eigenvalue weighted by molar-refractivity contribution is 6.18. The molecule has 0 saturated carbocycles. The Kier molecular flexibility index (Phi) is 5.64. The molecule has 2 bridgehead atoms. The fourth-order valence-electron chi connectivity index (χ4n) is 4.12. The lowest BCUT2D eigenvalue weighted by atomic mass is 9.97. The van der Waals surface area contributed by atoms with Gasteiger partial charge in [-0.2, -0.15) is 10.2 Å². The number of hydrazone groups is 1. The maximum Gasteiger partial charge on any atom is 0.260 e. The molecule has 0 spiro atoms. The van der Waals surface area contributed by atoms with E-state index in [1.165, 1.54) is 0 Å². The number of carbonyl (C=O) groups excluding carboxylic acids is 1. The van der Waals surface area contributed by atoms with E-state index in [4.69, 9.17) is 5.10 Å². The molecule has 2 N–H and O–H groups in total. The summed E-state index contributed by atoms with van der Waals surface area (Å²) < 4.78 is 1.77. The van der Waals surface area contributed by atoms with Crippen LogP contribution in [0, 0.1) is 6.92 Å². The summed E-state index contributed by atoms with van der Waals surface area (Å²) >= 11 is 0. The van der Waals surface area contributed by atoms with E-state index in [9.17, 15) is 4.79 Å². The molecule has 0 aliphatic carbocycles. The number of anilines is 1. The quantitative estimate of drug-likeness (QED) is 0.777. The largest absolute Gasteiger partial charge is 0.317 e. The molecule has 32 heavy (non-hydrogen) atoms. The Balaban J connectivity index is 1.48. The van der Waals surface area contributed by atoms with Gasteiger partial charge in [-0.15, -0.1) is 0 Å². The van der Waals surface area contributed by atoms with Gasteiger partial charge >= 0.3 is 0 Å². The first-order valence-electron chi connectivity index (χ1n) is 11.0. The molecule has 1 unspecified atom stereocenters.